The largest absolute Gasteiger partial charge is 0.494 e. The lowest BCUT2D eigenvalue weighted by Gasteiger charge is -2.13. The molecule has 0 aliphatic carbocycles. The summed E-state index contributed by atoms with van der Waals surface area (Å²) in [5.41, 5.74) is 7.77. The summed E-state index contributed by atoms with van der Waals surface area (Å²) in [4.78, 5) is 0. The van der Waals surface area contributed by atoms with Gasteiger partial charge in [-0.05, 0) is 61.2 Å². The van der Waals surface area contributed by atoms with Crippen LogP contribution in [0, 0.1) is 13.8 Å². The van der Waals surface area contributed by atoms with E-state index in [1.165, 1.54) is 38.9 Å². The third-order valence-electron chi connectivity index (χ3n) is 5.55. The molecule has 0 saturated heterocycles. The summed E-state index contributed by atoms with van der Waals surface area (Å²) in [5, 5.41) is 1.34. The molecule has 0 radical (unpaired) electrons. The highest BCUT2D eigenvalue weighted by atomic mass is 16.5. The van der Waals surface area contributed by atoms with Gasteiger partial charge in [0.2, 0.25) is 0 Å². The molecule has 0 amide bonds. The summed E-state index contributed by atoms with van der Waals surface area (Å²) >= 11 is 0. The Balaban J connectivity index is 0.00000132. The average Bonchev–Trinajstić information content (AvgIpc) is 3.08. The van der Waals surface area contributed by atoms with Crippen molar-refractivity contribution in [2.75, 3.05) is 6.61 Å². The van der Waals surface area contributed by atoms with Crippen LogP contribution in [0.15, 0.2) is 72.8 Å². The van der Waals surface area contributed by atoms with Gasteiger partial charge in [-0.3, -0.25) is 0 Å². The molecule has 0 atom stereocenters. The Bertz CT molecular complexity index is 1090. The molecule has 1 aromatic heterocycles. The molecular formula is C29H35NO. The predicted octanol–water partition coefficient (Wildman–Crippen LogP) is 8.18. The quantitative estimate of drug-likeness (QED) is 0.279. The Morgan fingerprint density at radius 3 is 2.23 bits per heavy atom. The van der Waals surface area contributed by atoms with Crippen LogP contribution in [-0.2, 0) is 6.54 Å². The molecule has 1 heterocycles. The van der Waals surface area contributed by atoms with E-state index in [9.17, 15) is 0 Å². The van der Waals surface area contributed by atoms with Crippen molar-refractivity contribution in [3.05, 3.63) is 89.5 Å². The van der Waals surface area contributed by atoms with E-state index in [2.05, 4.69) is 98.1 Å². The summed E-state index contributed by atoms with van der Waals surface area (Å²) in [6.45, 7) is 12.2. The molecule has 31 heavy (non-hydrogen) atoms. The number of ether oxygens (including phenoxy) is 1. The Morgan fingerprint density at radius 1 is 0.839 bits per heavy atom. The van der Waals surface area contributed by atoms with Crippen LogP contribution in [0.5, 0.6) is 5.75 Å². The van der Waals surface area contributed by atoms with Gasteiger partial charge < -0.3 is 9.30 Å². The lowest BCUT2D eigenvalue weighted by atomic mass is 10.1. The molecule has 4 rings (SSSR count). The maximum atomic E-state index is 5.83. The maximum absolute atomic E-state index is 5.83. The number of unbranched alkanes of at least 4 members (excludes halogenated alkanes) is 1. The highest BCUT2D eigenvalue weighted by Gasteiger charge is 2.16. The number of hydrogen-bond acceptors (Lipinski definition) is 1. The summed E-state index contributed by atoms with van der Waals surface area (Å²) in [6, 6.07) is 26.0. The minimum atomic E-state index is 0.786. The zero-order valence-corrected chi connectivity index (χ0v) is 19.6. The van der Waals surface area contributed by atoms with Gasteiger partial charge >= 0.3 is 0 Å². The number of nitrogens with zero attached hydrogens (tertiary/aromatic N) is 1. The fourth-order valence-electron chi connectivity index (χ4n) is 3.98. The highest BCUT2D eigenvalue weighted by Crippen LogP contribution is 2.34. The fraction of sp³-hybridized carbons (Fsp3) is 0.310. The standard InChI is InChI=1S/C27H29NO.C2H6/c1-4-5-17-29-24-14-12-22(13-15-24)19-28-26-16-11-20(2)18-25(26)21(3)27(28)23-9-7-6-8-10-23;1-2/h6-16,18H,4-5,17,19H2,1-3H3;1-2H3. The van der Waals surface area contributed by atoms with E-state index >= 15 is 0 Å². The number of fused-ring (bicyclic) bond motifs is 1. The Morgan fingerprint density at radius 2 is 1.55 bits per heavy atom. The molecule has 0 aliphatic rings. The van der Waals surface area contributed by atoms with Crippen LogP contribution in [-0.4, -0.2) is 11.2 Å². The van der Waals surface area contributed by atoms with Crippen LogP contribution in [0.4, 0.5) is 0 Å². The molecule has 0 bridgehead atoms. The zero-order valence-electron chi connectivity index (χ0n) is 19.6. The Labute approximate surface area is 187 Å². The number of rotatable bonds is 7. The second-order valence-electron chi connectivity index (χ2n) is 7.79. The molecule has 0 aliphatic heterocycles. The Kier molecular flexibility index (Phi) is 7.94. The van der Waals surface area contributed by atoms with Crippen LogP contribution in [0.3, 0.4) is 0 Å². The van der Waals surface area contributed by atoms with Crippen molar-refractivity contribution in [1.29, 1.82) is 0 Å². The zero-order chi connectivity index (χ0) is 22.2. The molecule has 3 aromatic carbocycles. The van der Waals surface area contributed by atoms with Crippen molar-refractivity contribution < 1.29 is 4.74 Å². The van der Waals surface area contributed by atoms with Gasteiger partial charge in [-0.2, -0.15) is 0 Å². The summed E-state index contributed by atoms with van der Waals surface area (Å²) in [7, 11) is 0. The second-order valence-corrected chi connectivity index (χ2v) is 7.79. The number of aryl methyl sites for hydroxylation is 2. The van der Waals surface area contributed by atoms with Gasteiger partial charge in [-0.15, -0.1) is 0 Å². The molecule has 162 valence electrons. The van der Waals surface area contributed by atoms with E-state index < -0.39 is 0 Å². The molecule has 2 heteroatoms. The van der Waals surface area contributed by atoms with Crippen molar-refractivity contribution >= 4 is 10.9 Å². The molecule has 0 N–H and O–H groups in total. The number of aromatic nitrogens is 1. The topological polar surface area (TPSA) is 14.2 Å². The first-order valence-electron chi connectivity index (χ1n) is 11.5. The van der Waals surface area contributed by atoms with Crippen molar-refractivity contribution in [2.24, 2.45) is 0 Å². The third kappa shape index (κ3) is 5.19. The molecule has 0 saturated carbocycles. The van der Waals surface area contributed by atoms with Gasteiger partial charge in [0.15, 0.2) is 0 Å². The molecule has 4 aromatic rings. The van der Waals surface area contributed by atoms with E-state index in [-0.39, 0.29) is 0 Å². The normalized spacial score (nSPS) is 10.6. The first-order valence-corrected chi connectivity index (χ1v) is 11.5. The molecule has 0 unspecified atom stereocenters. The van der Waals surface area contributed by atoms with Gasteiger partial charge in [0.25, 0.3) is 0 Å². The van der Waals surface area contributed by atoms with E-state index in [1.807, 2.05) is 13.8 Å². The van der Waals surface area contributed by atoms with Crippen LogP contribution in [0.1, 0.15) is 50.3 Å². The van der Waals surface area contributed by atoms with Crippen molar-refractivity contribution in [1.82, 2.24) is 4.57 Å². The SMILES string of the molecule is CC.CCCCOc1ccc(Cn2c(-c3ccccc3)c(C)c3cc(C)ccc32)cc1. The fourth-order valence-corrected chi connectivity index (χ4v) is 3.98. The lowest BCUT2D eigenvalue weighted by Crippen LogP contribution is -2.03. The van der Waals surface area contributed by atoms with E-state index in [4.69, 9.17) is 4.74 Å². The van der Waals surface area contributed by atoms with Gasteiger partial charge in [-0.1, -0.05) is 81.3 Å². The highest BCUT2D eigenvalue weighted by molar-refractivity contribution is 5.92. The molecule has 2 nitrogen and oxygen atoms in total. The van der Waals surface area contributed by atoms with Crippen LogP contribution < -0.4 is 4.74 Å². The third-order valence-corrected chi connectivity index (χ3v) is 5.55. The minimum Gasteiger partial charge on any atom is -0.494 e. The second kappa shape index (κ2) is 10.9. The van der Waals surface area contributed by atoms with Gasteiger partial charge in [0.1, 0.15) is 5.75 Å². The van der Waals surface area contributed by atoms with Crippen molar-refractivity contribution in [2.45, 2.75) is 54.0 Å². The average molecular weight is 414 g/mol. The number of benzene rings is 3. The maximum Gasteiger partial charge on any atom is 0.119 e. The minimum absolute atomic E-state index is 0.786. The molecule has 0 fully saturated rings. The lowest BCUT2D eigenvalue weighted by molar-refractivity contribution is 0.309. The summed E-state index contributed by atoms with van der Waals surface area (Å²) in [5.74, 6) is 0.953. The monoisotopic (exact) mass is 413 g/mol. The van der Waals surface area contributed by atoms with Gasteiger partial charge in [0, 0.05) is 17.4 Å². The predicted molar refractivity (Wildman–Crippen MR) is 134 cm³/mol. The van der Waals surface area contributed by atoms with Crippen molar-refractivity contribution in [3.63, 3.8) is 0 Å². The molecular weight excluding hydrogens is 378 g/mol. The smallest absolute Gasteiger partial charge is 0.119 e. The van der Waals surface area contributed by atoms with Gasteiger partial charge in [-0.25, -0.2) is 0 Å². The van der Waals surface area contributed by atoms with E-state index in [0.29, 0.717) is 0 Å². The van der Waals surface area contributed by atoms with E-state index in [0.717, 1.165) is 31.7 Å². The van der Waals surface area contributed by atoms with Crippen molar-refractivity contribution in [3.8, 4) is 17.0 Å². The molecule has 0 spiro atoms. The first-order chi connectivity index (χ1) is 15.2. The van der Waals surface area contributed by atoms with Crippen LogP contribution in [0.2, 0.25) is 0 Å². The first kappa shape index (κ1) is 22.7. The summed E-state index contributed by atoms with van der Waals surface area (Å²) < 4.78 is 8.28. The number of hydrogen-bond donors (Lipinski definition) is 0. The van der Waals surface area contributed by atoms with Crippen LogP contribution in [0.25, 0.3) is 22.2 Å². The van der Waals surface area contributed by atoms with E-state index in [1.54, 1.807) is 0 Å². The Hall–Kier alpha value is -3.00. The van der Waals surface area contributed by atoms with Gasteiger partial charge in [0.05, 0.1) is 12.3 Å². The van der Waals surface area contributed by atoms with Crippen LogP contribution >= 0.6 is 0 Å². The summed E-state index contributed by atoms with van der Waals surface area (Å²) in [6.07, 6.45) is 2.25.